The lowest BCUT2D eigenvalue weighted by Crippen LogP contribution is -2.38. The second kappa shape index (κ2) is 7.30. The predicted molar refractivity (Wildman–Crippen MR) is 83.8 cm³/mol. The van der Waals surface area contributed by atoms with Gasteiger partial charge in [0.25, 0.3) is 0 Å². The molecule has 0 heterocycles. The molecule has 0 amide bonds. The van der Waals surface area contributed by atoms with E-state index in [0.29, 0.717) is 23.9 Å². The molecule has 0 saturated carbocycles. The van der Waals surface area contributed by atoms with Gasteiger partial charge in [-0.3, -0.25) is 9.59 Å². The molecule has 20 heavy (non-hydrogen) atoms. The summed E-state index contributed by atoms with van der Waals surface area (Å²) in [6, 6.07) is 0. The van der Waals surface area contributed by atoms with Crippen LogP contribution >= 0.6 is 11.8 Å². The minimum Gasteiger partial charge on any atom is -0.468 e. The van der Waals surface area contributed by atoms with E-state index < -0.39 is 0 Å². The van der Waals surface area contributed by atoms with Gasteiger partial charge in [0.2, 0.25) is 0 Å². The van der Waals surface area contributed by atoms with E-state index in [1.165, 1.54) is 18.9 Å². The topological polar surface area (TPSA) is 43.4 Å². The summed E-state index contributed by atoms with van der Waals surface area (Å²) in [5.74, 6) is 0.770. The van der Waals surface area contributed by atoms with Crippen molar-refractivity contribution >= 4 is 23.5 Å². The van der Waals surface area contributed by atoms with Crippen LogP contribution in [0.4, 0.5) is 0 Å². The highest BCUT2D eigenvalue weighted by Gasteiger charge is 2.39. The Morgan fingerprint density at radius 3 is 2.65 bits per heavy atom. The Bertz CT molecular complexity index is 387. The van der Waals surface area contributed by atoms with E-state index in [1.807, 2.05) is 6.92 Å². The Morgan fingerprint density at radius 1 is 1.45 bits per heavy atom. The number of carbonyl (C=O) groups excluding carboxylic acids is 2. The van der Waals surface area contributed by atoms with Crippen LogP contribution in [0.1, 0.15) is 40.5 Å². The molecule has 0 N–H and O–H groups in total. The van der Waals surface area contributed by atoms with Crippen molar-refractivity contribution in [2.24, 2.45) is 17.3 Å². The fourth-order valence-corrected chi connectivity index (χ4v) is 3.82. The highest BCUT2D eigenvalue weighted by Crippen LogP contribution is 2.42. The maximum atomic E-state index is 12.6. The normalized spacial score (nSPS) is 26.1. The third-order valence-electron chi connectivity index (χ3n) is 4.00. The van der Waals surface area contributed by atoms with Gasteiger partial charge in [0, 0.05) is 17.6 Å². The second-order valence-corrected chi connectivity index (χ2v) is 7.75. The number of ether oxygens (including phenoxy) is 1. The molecule has 4 heteroatoms. The molecule has 0 spiro atoms. The van der Waals surface area contributed by atoms with Crippen molar-refractivity contribution in [2.45, 2.75) is 45.8 Å². The number of rotatable bonds is 6. The van der Waals surface area contributed by atoms with Crippen molar-refractivity contribution < 1.29 is 14.3 Å². The molecule has 1 unspecified atom stereocenters. The van der Waals surface area contributed by atoms with Crippen LogP contribution in [0.5, 0.6) is 0 Å². The molecule has 0 aromatic heterocycles. The molecule has 3 atom stereocenters. The molecule has 1 aliphatic rings. The lowest BCUT2D eigenvalue weighted by Gasteiger charge is -2.39. The van der Waals surface area contributed by atoms with Crippen LogP contribution < -0.4 is 0 Å². The van der Waals surface area contributed by atoms with Crippen molar-refractivity contribution in [3.05, 3.63) is 12.2 Å². The molecule has 0 saturated heterocycles. The molecular weight excluding hydrogens is 272 g/mol. The Morgan fingerprint density at radius 2 is 2.10 bits per heavy atom. The lowest BCUT2D eigenvalue weighted by molar-refractivity contribution is -0.137. The number of thioether (sulfide) groups is 1. The number of ketones is 1. The average molecular weight is 298 g/mol. The van der Waals surface area contributed by atoms with Gasteiger partial charge in [-0.1, -0.05) is 39.8 Å². The van der Waals surface area contributed by atoms with Gasteiger partial charge in [0.1, 0.15) is 5.78 Å². The molecule has 1 rings (SSSR count). The highest BCUT2D eigenvalue weighted by molar-refractivity contribution is 8.00. The van der Waals surface area contributed by atoms with Gasteiger partial charge < -0.3 is 4.74 Å². The van der Waals surface area contributed by atoms with E-state index in [9.17, 15) is 9.59 Å². The fourth-order valence-electron chi connectivity index (χ4n) is 3.00. The van der Waals surface area contributed by atoms with E-state index in [4.69, 9.17) is 0 Å². The Labute approximate surface area is 126 Å². The molecular formula is C16H26O3S. The molecule has 0 bridgehead atoms. The summed E-state index contributed by atoms with van der Waals surface area (Å²) in [7, 11) is 1.39. The quantitative estimate of drug-likeness (QED) is 0.556. The van der Waals surface area contributed by atoms with Crippen molar-refractivity contribution in [2.75, 3.05) is 12.9 Å². The number of hydrogen-bond acceptors (Lipinski definition) is 4. The second-order valence-electron chi connectivity index (χ2n) is 6.33. The zero-order chi connectivity index (χ0) is 15.3. The number of allylic oxidation sites excluding steroid dienone is 2. The molecule has 0 aromatic rings. The van der Waals surface area contributed by atoms with Crippen LogP contribution in [0, 0.1) is 17.3 Å². The highest BCUT2D eigenvalue weighted by atomic mass is 32.2. The van der Waals surface area contributed by atoms with Gasteiger partial charge in [0.15, 0.2) is 0 Å². The molecule has 1 aliphatic carbocycles. The van der Waals surface area contributed by atoms with E-state index in [-0.39, 0.29) is 22.6 Å². The number of Topliss-reactive ketones (excluding diaryl/α,β-unsaturated/α-hetero) is 1. The SMILES string of the molecule is COC(=O)CSC(C)CC(=O)[C@H]1[C@@H](C)C=CCC1(C)C. The van der Waals surface area contributed by atoms with Gasteiger partial charge in [-0.15, -0.1) is 11.8 Å². The van der Waals surface area contributed by atoms with Crippen LogP contribution in [0.3, 0.4) is 0 Å². The smallest absolute Gasteiger partial charge is 0.315 e. The molecule has 0 fully saturated rings. The number of methoxy groups -OCH3 is 1. The predicted octanol–water partition coefficient (Wildman–Crippen LogP) is 3.48. The average Bonchev–Trinajstić information content (AvgIpc) is 2.34. The standard InChI is InChI=1S/C16H26O3S/c1-11-7-6-8-16(3,4)15(11)13(17)9-12(2)20-10-14(18)19-5/h6-7,11-12,15H,8-10H2,1-5H3/t11-,12?,15+/m0/s1. The van der Waals surface area contributed by atoms with Crippen LogP contribution in [0.15, 0.2) is 12.2 Å². The molecule has 114 valence electrons. The van der Waals surface area contributed by atoms with Crippen LogP contribution in [-0.2, 0) is 14.3 Å². The van der Waals surface area contributed by atoms with Crippen LogP contribution in [0.25, 0.3) is 0 Å². The summed E-state index contributed by atoms with van der Waals surface area (Å²) in [5, 5.41) is 0.149. The fraction of sp³-hybridized carbons (Fsp3) is 0.750. The Kier molecular flexibility index (Phi) is 6.31. The summed E-state index contributed by atoms with van der Waals surface area (Å²) >= 11 is 1.49. The molecule has 3 nitrogen and oxygen atoms in total. The van der Waals surface area contributed by atoms with E-state index in [1.54, 1.807) is 0 Å². The molecule has 0 aliphatic heterocycles. The first-order chi connectivity index (χ1) is 9.27. The maximum Gasteiger partial charge on any atom is 0.315 e. The van der Waals surface area contributed by atoms with Gasteiger partial charge in [-0.2, -0.15) is 0 Å². The van der Waals surface area contributed by atoms with Gasteiger partial charge in [-0.05, 0) is 17.8 Å². The van der Waals surface area contributed by atoms with Gasteiger partial charge >= 0.3 is 5.97 Å². The van der Waals surface area contributed by atoms with E-state index in [2.05, 4.69) is 37.7 Å². The zero-order valence-electron chi connectivity index (χ0n) is 13.1. The van der Waals surface area contributed by atoms with Crippen LogP contribution in [-0.4, -0.2) is 29.9 Å². The Hall–Kier alpha value is -0.770. The van der Waals surface area contributed by atoms with E-state index >= 15 is 0 Å². The third kappa shape index (κ3) is 4.65. The largest absolute Gasteiger partial charge is 0.468 e. The summed E-state index contributed by atoms with van der Waals surface area (Å²) < 4.78 is 4.62. The van der Waals surface area contributed by atoms with Crippen molar-refractivity contribution in [1.82, 2.24) is 0 Å². The van der Waals surface area contributed by atoms with Crippen molar-refractivity contribution in [1.29, 1.82) is 0 Å². The Balaban J connectivity index is 2.57. The number of carbonyl (C=O) groups is 2. The van der Waals surface area contributed by atoms with Gasteiger partial charge in [-0.25, -0.2) is 0 Å². The van der Waals surface area contributed by atoms with Crippen molar-refractivity contribution in [3.8, 4) is 0 Å². The van der Waals surface area contributed by atoms with Crippen LogP contribution in [0.2, 0.25) is 0 Å². The summed E-state index contributed by atoms with van der Waals surface area (Å²) in [6.45, 7) is 8.46. The molecule has 0 aromatic carbocycles. The number of hydrogen-bond donors (Lipinski definition) is 0. The summed E-state index contributed by atoms with van der Waals surface area (Å²) in [6.07, 6.45) is 5.81. The first-order valence-electron chi connectivity index (χ1n) is 7.15. The number of esters is 1. The monoisotopic (exact) mass is 298 g/mol. The maximum absolute atomic E-state index is 12.6. The third-order valence-corrected chi connectivity index (χ3v) is 5.14. The van der Waals surface area contributed by atoms with E-state index in [0.717, 1.165) is 6.42 Å². The summed E-state index contributed by atoms with van der Waals surface area (Å²) in [4.78, 5) is 23.7. The summed E-state index contributed by atoms with van der Waals surface area (Å²) in [5.41, 5.74) is 0.0258. The first kappa shape index (κ1) is 17.3. The minimum absolute atomic E-state index is 0.0258. The minimum atomic E-state index is -0.233. The van der Waals surface area contributed by atoms with Crippen molar-refractivity contribution in [3.63, 3.8) is 0 Å². The zero-order valence-corrected chi connectivity index (χ0v) is 14.0. The van der Waals surface area contributed by atoms with Gasteiger partial charge in [0.05, 0.1) is 12.9 Å². The first-order valence-corrected chi connectivity index (χ1v) is 8.20. The lowest BCUT2D eigenvalue weighted by atomic mass is 9.65. The molecule has 0 radical (unpaired) electrons.